The first-order valence-electron chi connectivity index (χ1n) is 4.80. The van der Waals surface area contributed by atoms with Crippen molar-refractivity contribution in [1.29, 1.82) is 0 Å². The number of nitrogens with one attached hydrogen (secondary N) is 2. The number of amides is 3. The zero-order valence-electron chi connectivity index (χ0n) is 8.80. The monoisotopic (exact) mass is 271 g/mol. The third-order valence-electron chi connectivity index (χ3n) is 2.25. The Morgan fingerprint density at radius 2 is 2.35 bits per heavy atom. The average molecular weight is 271 g/mol. The first-order chi connectivity index (χ1) is 8.08. The number of nitrogens with zero attached hydrogens (tertiary/aromatic N) is 1. The number of rotatable bonds is 3. The van der Waals surface area contributed by atoms with Gasteiger partial charge >= 0.3 is 0 Å². The molecule has 90 valence electrons. The standard InChI is InChI=1S/C9H9N3O3S2/c1-4(5-7(14)12-9(15)17-5)6(13)11-8-10-2-3-16-8/h2-5H,1H3,(H,10,11,13)(H,12,14,15)/t4-,5+/m1/s1. The number of anilines is 1. The zero-order chi connectivity index (χ0) is 12.4. The molecule has 1 aromatic rings. The molecule has 0 bridgehead atoms. The van der Waals surface area contributed by atoms with Gasteiger partial charge in [0.15, 0.2) is 5.13 Å². The summed E-state index contributed by atoms with van der Waals surface area (Å²) in [6.45, 7) is 1.61. The van der Waals surface area contributed by atoms with Crippen molar-refractivity contribution < 1.29 is 14.4 Å². The van der Waals surface area contributed by atoms with E-state index in [-0.39, 0.29) is 5.91 Å². The molecule has 2 rings (SSSR count). The van der Waals surface area contributed by atoms with E-state index in [9.17, 15) is 14.4 Å². The second-order valence-electron chi connectivity index (χ2n) is 3.43. The van der Waals surface area contributed by atoms with E-state index in [0.717, 1.165) is 11.8 Å². The Hall–Kier alpha value is -1.41. The largest absolute Gasteiger partial charge is 0.302 e. The molecule has 2 atom stereocenters. The molecule has 0 saturated carbocycles. The van der Waals surface area contributed by atoms with E-state index >= 15 is 0 Å². The summed E-state index contributed by atoms with van der Waals surface area (Å²) in [4.78, 5) is 38.1. The highest BCUT2D eigenvalue weighted by Crippen LogP contribution is 2.27. The van der Waals surface area contributed by atoms with Gasteiger partial charge < -0.3 is 5.32 Å². The summed E-state index contributed by atoms with van der Waals surface area (Å²) in [6, 6.07) is 0. The Morgan fingerprint density at radius 3 is 2.88 bits per heavy atom. The summed E-state index contributed by atoms with van der Waals surface area (Å²) in [5, 5.41) is 5.90. The minimum atomic E-state index is -0.664. The van der Waals surface area contributed by atoms with Crippen molar-refractivity contribution in [3.63, 3.8) is 0 Å². The van der Waals surface area contributed by atoms with Gasteiger partial charge in [-0.05, 0) is 0 Å². The summed E-state index contributed by atoms with van der Waals surface area (Å²) in [5.74, 6) is -1.32. The number of hydrogen-bond acceptors (Lipinski definition) is 6. The van der Waals surface area contributed by atoms with Gasteiger partial charge in [0, 0.05) is 11.6 Å². The summed E-state index contributed by atoms with van der Waals surface area (Å²) < 4.78 is 0. The molecule has 2 N–H and O–H groups in total. The van der Waals surface area contributed by atoms with E-state index in [1.807, 2.05) is 0 Å². The molecule has 0 aliphatic carbocycles. The SMILES string of the molecule is C[C@@H](C(=O)Nc1nccs1)[C@@H]1SC(=O)NC1=O. The van der Waals surface area contributed by atoms with Crippen LogP contribution < -0.4 is 10.6 Å². The summed E-state index contributed by atoms with van der Waals surface area (Å²) >= 11 is 2.14. The Labute approximate surface area is 105 Å². The molecule has 0 unspecified atom stereocenters. The van der Waals surface area contributed by atoms with Gasteiger partial charge in [-0.1, -0.05) is 18.7 Å². The molecule has 1 aromatic heterocycles. The summed E-state index contributed by atoms with van der Waals surface area (Å²) in [7, 11) is 0. The van der Waals surface area contributed by atoms with Crippen LogP contribution in [0.4, 0.5) is 9.93 Å². The van der Waals surface area contributed by atoms with Crippen molar-refractivity contribution in [2.24, 2.45) is 5.92 Å². The van der Waals surface area contributed by atoms with Crippen LogP contribution in [0.3, 0.4) is 0 Å². The van der Waals surface area contributed by atoms with E-state index < -0.39 is 22.3 Å². The molecule has 6 nitrogen and oxygen atoms in total. The van der Waals surface area contributed by atoms with Crippen LogP contribution in [0.15, 0.2) is 11.6 Å². The van der Waals surface area contributed by atoms with Crippen molar-refractivity contribution >= 4 is 45.3 Å². The predicted octanol–water partition coefficient (Wildman–Crippen LogP) is 1.07. The Balaban J connectivity index is 2.00. The lowest BCUT2D eigenvalue weighted by Crippen LogP contribution is -2.35. The minimum Gasteiger partial charge on any atom is -0.302 e. The van der Waals surface area contributed by atoms with Crippen LogP contribution in [0, 0.1) is 5.92 Å². The van der Waals surface area contributed by atoms with Crippen molar-refractivity contribution in [3.8, 4) is 0 Å². The van der Waals surface area contributed by atoms with Gasteiger partial charge in [-0.3, -0.25) is 19.7 Å². The third-order valence-corrected chi connectivity index (χ3v) is 4.13. The van der Waals surface area contributed by atoms with Crippen molar-refractivity contribution in [3.05, 3.63) is 11.6 Å². The van der Waals surface area contributed by atoms with Crippen molar-refractivity contribution in [2.75, 3.05) is 5.32 Å². The fourth-order valence-corrected chi connectivity index (χ4v) is 2.76. The highest BCUT2D eigenvalue weighted by molar-refractivity contribution is 8.15. The molecule has 2 heterocycles. The fraction of sp³-hybridized carbons (Fsp3) is 0.333. The molecule has 1 aliphatic heterocycles. The van der Waals surface area contributed by atoms with Crippen LogP contribution in [0.25, 0.3) is 0 Å². The van der Waals surface area contributed by atoms with Crippen molar-refractivity contribution in [1.82, 2.24) is 10.3 Å². The first-order valence-corrected chi connectivity index (χ1v) is 6.55. The van der Waals surface area contributed by atoms with Gasteiger partial charge in [0.1, 0.15) is 5.25 Å². The predicted molar refractivity (Wildman–Crippen MR) is 64.8 cm³/mol. The van der Waals surface area contributed by atoms with Crippen molar-refractivity contribution in [2.45, 2.75) is 12.2 Å². The number of carbonyl (C=O) groups excluding carboxylic acids is 3. The van der Waals surface area contributed by atoms with Gasteiger partial charge in [-0.25, -0.2) is 4.98 Å². The van der Waals surface area contributed by atoms with Crippen LogP contribution in [-0.4, -0.2) is 27.3 Å². The highest BCUT2D eigenvalue weighted by Gasteiger charge is 2.39. The maximum atomic E-state index is 11.8. The fourth-order valence-electron chi connectivity index (χ4n) is 1.34. The zero-order valence-corrected chi connectivity index (χ0v) is 10.4. The lowest BCUT2D eigenvalue weighted by atomic mass is 10.1. The number of aromatic nitrogens is 1. The lowest BCUT2D eigenvalue weighted by Gasteiger charge is -2.13. The molecule has 17 heavy (non-hydrogen) atoms. The molecule has 1 aliphatic rings. The average Bonchev–Trinajstić information content (AvgIpc) is 2.87. The molecule has 1 fully saturated rings. The second kappa shape index (κ2) is 4.84. The van der Waals surface area contributed by atoms with E-state index in [4.69, 9.17) is 0 Å². The van der Waals surface area contributed by atoms with Gasteiger partial charge in [0.25, 0.3) is 5.24 Å². The van der Waals surface area contributed by atoms with Crippen LogP contribution in [0.5, 0.6) is 0 Å². The number of carbonyl (C=O) groups is 3. The summed E-state index contributed by atoms with van der Waals surface area (Å²) in [6.07, 6.45) is 1.57. The minimum absolute atomic E-state index is 0.317. The Bertz CT molecular complexity index is 460. The van der Waals surface area contributed by atoms with Gasteiger partial charge in [-0.15, -0.1) is 11.3 Å². The Morgan fingerprint density at radius 1 is 1.59 bits per heavy atom. The van der Waals surface area contributed by atoms with Gasteiger partial charge in [0.2, 0.25) is 11.8 Å². The number of thioether (sulfide) groups is 1. The summed E-state index contributed by atoms with van der Waals surface area (Å²) in [5.41, 5.74) is 0. The number of hydrogen-bond donors (Lipinski definition) is 2. The van der Waals surface area contributed by atoms with Crippen LogP contribution in [0.1, 0.15) is 6.92 Å². The maximum absolute atomic E-state index is 11.8. The molecule has 1 saturated heterocycles. The molecule has 3 amide bonds. The third kappa shape index (κ3) is 2.64. The van der Waals surface area contributed by atoms with E-state index in [0.29, 0.717) is 5.13 Å². The molecule has 0 radical (unpaired) electrons. The van der Waals surface area contributed by atoms with Crippen LogP contribution in [-0.2, 0) is 9.59 Å². The second-order valence-corrected chi connectivity index (χ2v) is 5.44. The lowest BCUT2D eigenvalue weighted by molar-refractivity contribution is -0.125. The molecule has 0 spiro atoms. The first kappa shape index (κ1) is 12.1. The maximum Gasteiger partial charge on any atom is 0.286 e. The Kier molecular flexibility index (Phi) is 3.43. The van der Waals surface area contributed by atoms with Crippen LogP contribution in [0.2, 0.25) is 0 Å². The molecule has 0 aromatic carbocycles. The van der Waals surface area contributed by atoms with E-state index in [2.05, 4.69) is 15.6 Å². The van der Waals surface area contributed by atoms with Gasteiger partial charge in [-0.2, -0.15) is 0 Å². The van der Waals surface area contributed by atoms with Crippen LogP contribution >= 0.6 is 23.1 Å². The molecular weight excluding hydrogens is 262 g/mol. The molecular formula is C9H9N3O3S2. The van der Waals surface area contributed by atoms with E-state index in [1.165, 1.54) is 11.3 Å². The highest BCUT2D eigenvalue weighted by atomic mass is 32.2. The molecule has 8 heteroatoms. The van der Waals surface area contributed by atoms with Gasteiger partial charge in [0.05, 0.1) is 5.92 Å². The normalized spacial score (nSPS) is 21.1. The smallest absolute Gasteiger partial charge is 0.286 e. The topological polar surface area (TPSA) is 88.2 Å². The van der Waals surface area contributed by atoms with E-state index in [1.54, 1.807) is 18.5 Å². The number of thiazole rings is 1. The quantitative estimate of drug-likeness (QED) is 0.858. The number of imide groups is 1.